The van der Waals surface area contributed by atoms with Gasteiger partial charge in [0.1, 0.15) is 0 Å². The summed E-state index contributed by atoms with van der Waals surface area (Å²) in [4.78, 5) is 15.4. The van der Waals surface area contributed by atoms with E-state index in [1.54, 1.807) is 30.0 Å². The number of pyridine rings is 1. The van der Waals surface area contributed by atoms with Crippen molar-refractivity contribution < 1.29 is 10.0 Å². The van der Waals surface area contributed by atoms with Crippen LogP contribution in [0.15, 0.2) is 30.6 Å². The van der Waals surface area contributed by atoms with Crippen LogP contribution < -0.4 is 5.48 Å². The van der Waals surface area contributed by atoms with Gasteiger partial charge in [0, 0.05) is 23.3 Å². The van der Waals surface area contributed by atoms with Gasteiger partial charge in [-0.05, 0) is 30.0 Å². The number of carbonyl (C=O) groups is 1. The van der Waals surface area contributed by atoms with Gasteiger partial charge < -0.3 is 0 Å². The van der Waals surface area contributed by atoms with Crippen molar-refractivity contribution in [3.8, 4) is 0 Å². The van der Waals surface area contributed by atoms with Gasteiger partial charge in [0.15, 0.2) is 0 Å². The van der Waals surface area contributed by atoms with Crippen LogP contribution >= 0.6 is 0 Å². The van der Waals surface area contributed by atoms with Crippen molar-refractivity contribution in [2.24, 2.45) is 0 Å². The molecule has 1 heterocycles. The Balaban J connectivity index is 2.77. The van der Waals surface area contributed by atoms with Gasteiger partial charge in [-0.25, -0.2) is 5.48 Å². The molecule has 0 bridgehead atoms. The van der Waals surface area contributed by atoms with E-state index in [0.717, 1.165) is 16.3 Å². The van der Waals surface area contributed by atoms with Gasteiger partial charge in [-0.15, -0.1) is 0 Å². The number of carbonyl (C=O) groups excluding carboxylic acids is 1. The van der Waals surface area contributed by atoms with Gasteiger partial charge in [-0.1, -0.05) is 6.07 Å². The van der Waals surface area contributed by atoms with Crippen LogP contribution in [-0.2, 0) is 0 Å². The number of amides is 1. The molecule has 0 saturated heterocycles. The van der Waals surface area contributed by atoms with Gasteiger partial charge in [-0.3, -0.25) is 15.0 Å². The minimum atomic E-state index is -0.508. The zero-order valence-electron chi connectivity index (χ0n) is 8.19. The van der Waals surface area contributed by atoms with Gasteiger partial charge in [0.25, 0.3) is 5.91 Å². The lowest BCUT2D eigenvalue weighted by atomic mass is 10.0. The van der Waals surface area contributed by atoms with Crippen LogP contribution in [0.4, 0.5) is 0 Å². The summed E-state index contributed by atoms with van der Waals surface area (Å²) in [7, 11) is 0. The molecule has 4 nitrogen and oxygen atoms in total. The average Bonchev–Trinajstić information content (AvgIpc) is 2.29. The first-order chi connectivity index (χ1) is 7.24. The Morgan fingerprint density at radius 1 is 1.33 bits per heavy atom. The summed E-state index contributed by atoms with van der Waals surface area (Å²) >= 11 is 0. The van der Waals surface area contributed by atoms with Crippen molar-refractivity contribution in [2.75, 3.05) is 0 Å². The third-order valence-corrected chi connectivity index (χ3v) is 2.38. The van der Waals surface area contributed by atoms with Crippen molar-refractivity contribution in [3.05, 3.63) is 41.7 Å². The number of hydroxylamine groups is 1. The lowest BCUT2D eigenvalue weighted by molar-refractivity contribution is 0.0708. The molecule has 1 aromatic carbocycles. The van der Waals surface area contributed by atoms with E-state index in [1.165, 1.54) is 0 Å². The summed E-state index contributed by atoms with van der Waals surface area (Å²) in [6.45, 7) is 1.95. The molecule has 0 fully saturated rings. The highest BCUT2D eigenvalue weighted by molar-refractivity contribution is 6.07. The van der Waals surface area contributed by atoms with Gasteiger partial charge in [0.05, 0.1) is 0 Å². The molecule has 1 aromatic heterocycles. The molecule has 0 aliphatic rings. The Hall–Kier alpha value is -1.94. The predicted octanol–water partition coefficient (Wildman–Crippen LogP) is 1.66. The Kier molecular flexibility index (Phi) is 2.35. The zero-order valence-corrected chi connectivity index (χ0v) is 8.19. The first kappa shape index (κ1) is 9.61. The quantitative estimate of drug-likeness (QED) is 0.546. The second-order valence-corrected chi connectivity index (χ2v) is 3.29. The van der Waals surface area contributed by atoms with Crippen LogP contribution in [0.1, 0.15) is 15.9 Å². The topological polar surface area (TPSA) is 62.2 Å². The maximum Gasteiger partial charge on any atom is 0.275 e. The smallest absolute Gasteiger partial charge is 0.275 e. The predicted molar refractivity (Wildman–Crippen MR) is 55.7 cm³/mol. The van der Waals surface area contributed by atoms with Crippen LogP contribution in [0.5, 0.6) is 0 Å². The molecule has 0 atom stereocenters. The minimum Gasteiger partial charge on any atom is -0.288 e. The molecule has 1 amide bonds. The van der Waals surface area contributed by atoms with Gasteiger partial charge >= 0.3 is 0 Å². The van der Waals surface area contributed by atoms with Crippen LogP contribution in [0, 0.1) is 6.92 Å². The van der Waals surface area contributed by atoms with E-state index in [1.807, 2.05) is 13.0 Å². The van der Waals surface area contributed by atoms with Crippen molar-refractivity contribution in [3.63, 3.8) is 0 Å². The molecule has 76 valence electrons. The molecule has 0 aliphatic heterocycles. The Labute approximate surface area is 86.5 Å². The number of nitrogens with zero attached hydrogens (tertiary/aromatic N) is 1. The molecule has 0 saturated carbocycles. The third kappa shape index (κ3) is 1.55. The monoisotopic (exact) mass is 202 g/mol. The number of fused-ring (bicyclic) bond motifs is 1. The zero-order chi connectivity index (χ0) is 10.8. The first-order valence-electron chi connectivity index (χ1n) is 4.52. The normalized spacial score (nSPS) is 10.3. The molecule has 15 heavy (non-hydrogen) atoms. The highest BCUT2D eigenvalue weighted by Gasteiger charge is 2.09. The van der Waals surface area contributed by atoms with E-state index in [9.17, 15) is 4.79 Å². The molecule has 2 aromatic rings. The van der Waals surface area contributed by atoms with Crippen LogP contribution in [0.25, 0.3) is 10.8 Å². The Morgan fingerprint density at radius 3 is 2.87 bits per heavy atom. The summed E-state index contributed by atoms with van der Waals surface area (Å²) in [6, 6.07) is 5.27. The molecule has 0 aliphatic carbocycles. The van der Waals surface area contributed by atoms with E-state index < -0.39 is 5.91 Å². The van der Waals surface area contributed by atoms with Gasteiger partial charge in [-0.2, -0.15) is 0 Å². The molecular weight excluding hydrogens is 192 g/mol. The fourth-order valence-corrected chi connectivity index (χ4v) is 1.59. The van der Waals surface area contributed by atoms with Gasteiger partial charge in [0.2, 0.25) is 0 Å². The van der Waals surface area contributed by atoms with Crippen LogP contribution in [0.2, 0.25) is 0 Å². The summed E-state index contributed by atoms with van der Waals surface area (Å²) in [6.07, 6.45) is 3.33. The lowest BCUT2D eigenvalue weighted by Crippen LogP contribution is -2.18. The first-order valence-corrected chi connectivity index (χ1v) is 4.52. The number of hydrogen-bond donors (Lipinski definition) is 2. The molecular formula is C11H10N2O2. The van der Waals surface area contributed by atoms with Crippen molar-refractivity contribution in [1.82, 2.24) is 10.5 Å². The van der Waals surface area contributed by atoms with Crippen molar-refractivity contribution in [2.45, 2.75) is 6.92 Å². The maximum absolute atomic E-state index is 11.4. The number of aryl methyl sites for hydroxylation is 1. The lowest BCUT2D eigenvalue weighted by Gasteiger charge is -2.06. The summed E-state index contributed by atoms with van der Waals surface area (Å²) in [5.74, 6) is -0.508. The van der Waals surface area contributed by atoms with E-state index in [0.29, 0.717) is 5.56 Å². The molecule has 0 spiro atoms. The van der Waals surface area contributed by atoms with E-state index in [2.05, 4.69) is 4.98 Å². The average molecular weight is 202 g/mol. The minimum absolute atomic E-state index is 0.445. The number of benzene rings is 1. The number of aromatic nitrogens is 1. The van der Waals surface area contributed by atoms with E-state index >= 15 is 0 Å². The number of nitrogens with one attached hydrogen (secondary N) is 1. The van der Waals surface area contributed by atoms with Crippen LogP contribution in [0.3, 0.4) is 0 Å². The standard InChI is InChI=1S/C11H10N2O2/c1-7-2-3-9(11(14)13-15)8-4-5-12-6-10(7)8/h2-6,15H,1H3,(H,13,14). The second kappa shape index (κ2) is 3.67. The highest BCUT2D eigenvalue weighted by Crippen LogP contribution is 2.21. The Morgan fingerprint density at radius 2 is 2.13 bits per heavy atom. The van der Waals surface area contributed by atoms with Crippen molar-refractivity contribution in [1.29, 1.82) is 0 Å². The molecule has 2 rings (SSSR count). The molecule has 4 heteroatoms. The summed E-state index contributed by atoms with van der Waals surface area (Å²) in [5.41, 5.74) is 3.13. The summed E-state index contributed by atoms with van der Waals surface area (Å²) in [5, 5.41) is 10.3. The highest BCUT2D eigenvalue weighted by atomic mass is 16.5. The summed E-state index contributed by atoms with van der Waals surface area (Å²) < 4.78 is 0. The second-order valence-electron chi connectivity index (χ2n) is 3.29. The van der Waals surface area contributed by atoms with Crippen LogP contribution in [-0.4, -0.2) is 16.1 Å². The largest absolute Gasteiger partial charge is 0.288 e. The fourth-order valence-electron chi connectivity index (χ4n) is 1.59. The SMILES string of the molecule is Cc1ccc(C(=O)NO)c2ccncc12. The molecule has 2 N–H and O–H groups in total. The number of hydrogen-bond acceptors (Lipinski definition) is 3. The van der Waals surface area contributed by atoms with E-state index in [4.69, 9.17) is 5.21 Å². The van der Waals surface area contributed by atoms with E-state index in [-0.39, 0.29) is 0 Å². The molecule has 0 unspecified atom stereocenters. The fraction of sp³-hybridized carbons (Fsp3) is 0.0909. The molecule has 0 radical (unpaired) electrons. The van der Waals surface area contributed by atoms with Crippen molar-refractivity contribution >= 4 is 16.7 Å². The third-order valence-electron chi connectivity index (χ3n) is 2.38. The maximum atomic E-state index is 11.4. The Bertz CT molecular complexity index is 523. The number of rotatable bonds is 1.